The van der Waals surface area contributed by atoms with Gasteiger partial charge in [-0.3, -0.25) is 14.9 Å². The van der Waals surface area contributed by atoms with Crippen molar-refractivity contribution in [3.05, 3.63) is 68.7 Å². The number of carbonyl (C=O) groups excluding carboxylic acids is 1. The third-order valence-electron chi connectivity index (χ3n) is 2.72. The van der Waals surface area contributed by atoms with Gasteiger partial charge in [0.2, 0.25) is 0 Å². The Kier molecular flexibility index (Phi) is 5.81. The number of carbonyl (C=O) groups is 1. The maximum Gasteiger partial charge on any atom is 0.278 e. The Morgan fingerprint density at radius 1 is 1.26 bits per heavy atom. The third-order valence-corrected chi connectivity index (χ3v) is 3.38. The van der Waals surface area contributed by atoms with Crippen LogP contribution in [-0.4, -0.2) is 23.7 Å². The molecule has 0 saturated heterocycles. The number of amides is 1. The number of rotatable bonds is 6. The topological polar surface area (TPSA) is 93.8 Å². The van der Waals surface area contributed by atoms with Crippen LogP contribution in [0, 0.1) is 10.1 Å². The Balaban J connectivity index is 1.90. The molecular formula is C15H12BrN3O4. The number of nitrogens with zero attached hydrogens (tertiary/aromatic N) is 2. The van der Waals surface area contributed by atoms with E-state index >= 15 is 0 Å². The van der Waals surface area contributed by atoms with Gasteiger partial charge in [-0.1, -0.05) is 24.3 Å². The Bertz CT molecular complexity index is 749. The molecule has 0 aliphatic rings. The zero-order valence-electron chi connectivity index (χ0n) is 11.8. The molecule has 23 heavy (non-hydrogen) atoms. The first-order valence-electron chi connectivity index (χ1n) is 6.50. The lowest BCUT2D eigenvalue weighted by Gasteiger charge is -2.06. The molecule has 8 heteroatoms. The molecular weight excluding hydrogens is 366 g/mol. The van der Waals surface area contributed by atoms with E-state index in [1.165, 1.54) is 18.3 Å². The summed E-state index contributed by atoms with van der Waals surface area (Å²) >= 11 is 3.30. The number of nitro groups is 1. The molecule has 1 amide bonds. The molecule has 0 bridgehead atoms. The third kappa shape index (κ3) is 4.89. The van der Waals surface area contributed by atoms with Crippen LogP contribution in [0.1, 0.15) is 5.56 Å². The number of hydrazone groups is 1. The maximum absolute atomic E-state index is 11.6. The summed E-state index contributed by atoms with van der Waals surface area (Å²) in [6.45, 7) is -0.225. The average Bonchev–Trinajstić information content (AvgIpc) is 2.54. The van der Waals surface area contributed by atoms with Crippen LogP contribution in [0.3, 0.4) is 0 Å². The molecule has 0 spiro atoms. The molecule has 2 aromatic carbocycles. The van der Waals surface area contributed by atoms with E-state index in [1.54, 1.807) is 30.3 Å². The van der Waals surface area contributed by atoms with Crippen molar-refractivity contribution in [3.63, 3.8) is 0 Å². The zero-order chi connectivity index (χ0) is 16.7. The van der Waals surface area contributed by atoms with Gasteiger partial charge < -0.3 is 4.74 Å². The lowest BCUT2D eigenvalue weighted by atomic mass is 10.2. The summed E-state index contributed by atoms with van der Waals surface area (Å²) in [6.07, 6.45) is 1.22. The van der Waals surface area contributed by atoms with Gasteiger partial charge >= 0.3 is 0 Å². The van der Waals surface area contributed by atoms with Crippen molar-refractivity contribution in [1.29, 1.82) is 0 Å². The predicted octanol–water partition coefficient (Wildman–Crippen LogP) is 2.89. The van der Waals surface area contributed by atoms with Gasteiger partial charge in [-0.05, 0) is 34.1 Å². The lowest BCUT2D eigenvalue weighted by molar-refractivity contribution is -0.385. The smallest absolute Gasteiger partial charge is 0.278 e. The standard InChI is InChI=1S/C15H12BrN3O4/c16-12-6-2-4-8-14(12)23-10-15(20)18-17-9-11-5-1-3-7-13(11)19(21)22/h1-9H,10H2,(H,18,20). The summed E-state index contributed by atoms with van der Waals surface area (Å²) in [5.74, 6) is 0.0564. The van der Waals surface area contributed by atoms with E-state index in [1.807, 2.05) is 6.07 Å². The van der Waals surface area contributed by atoms with Crippen molar-refractivity contribution >= 4 is 33.7 Å². The number of hydrogen-bond donors (Lipinski definition) is 1. The monoisotopic (exact) mass is 377 g/mol. The van der Waals surface area contributed by atoms with E-state index < -0.39 is 10.8 Å². The Morgan fingerprint density at radius 3 is 2.70 bits per heavy atom. The fourth-order valence-corrected chi connectivity index (χ4v) is 2.07. The van der Waals surface area contributed by atoms with Gasteiger partial charge in [0.1, 0.15) is 5.75 Å². The van der Waals surface area contributed by atoms with Crippen molar-refractivity contribution in [1.82, 2.24) is 5.43 Å². The summed E-state index contributed by atoms with van der Waals surface area (Å²) in [6, 6.07) is 13.2. The van der Waals surface area contributed by atoms with Gasteiger partial charge in [-0.2, -0.15) is 5.10 Å². The van der Waals surface area contributed by atoms with Crippen LogP contribution in [0.5, 0.6) is 5.75 Å². The Hall–Kier alpha value is -2.74. The molecule has 118 valence electrons. The summed E-state index contributed by atoms with van der Waals surface area (Å²) in [4.78, 5) is 22.0. The minimum atomic E-state index is -0.515. The minimum Gasteiger partial charge on any atom is -0.483 e. The normalized spacial score (nSPS) is 10.5. The highest BCUT2D eigenvalue weighted by Gasteiger charge is 2.10. The summed E-state index contributed by atoms with van der Waals surface area (Å²) in [5.41, 5.74) is 2.46. The van der Waals surface area contributed by atoms with Crippen molar-refractivity contribution in [2.75, 3.05) is 6.61 Å². The molecule has 0 unspecified atom stereocenters. The molecule has 0 aliphatic heterocycles. The van der Waals surface area contributed by atoms with Crippen LogP contribution in [0.2, 0.25) is 0 Å². The van der Waals surface area contributed by atoms with Crippen LogP contribution in [0.15, 0.2) is 58.1 Å². The van der Waals surface area contributed by atoms with Gasteiger partial charge in [-0.15, -0.1) is 0 Å². The number of halogens is 1. The fourth-order valence-electron chi connectivity index (χ4n) is 1.67. The van der Waals surface area contributed by atoms with Crippen molar-refractivity contribution in [2.24, 2.45) is 5.10 Å². The highest BCUT2D eigenvalue weighted by Crippen LogP contribution is 2.23. The van der Waals surface area contributed by atoms with Gasteiger partial charge in [-0.25, -0.2) is 5.43 Å². The first-order chi connectivity index (χ1) is 11.1. The number of benzene rings is 2. The number of nitrogens with one attached hydrogen (secondary N) is 1. The molecule has 0 aromatic heterocycles. The minimum absolute atomic E-state index is 0.0880. The quantitative estimate of drug-likeness (QED) is 0.475. The van der Waals surface area contributed by atoms with E-state index in [4.69, 9.17) is 4.74 Å². The summed E-state index contributed by atoms with van der Waals surface area (Å²) in [7, 11) is 0. The molecule has 0 radical (unpaired) electrons. The van der Waals surface area contributed by atoms with Crippen LogP contribution in [0.25, 0.3) is 0 Å². The second-order valence-corrected chi connectivity index (χ2v) is 5.18. The Labute approximate surface area is 140 Å². The van der Waals surface area contributed by atoms with E-state index in [0.717, 1.165) is 4.47 Å². The molecule has 0 aliphatic carbocycles. The molecule has 1 N–H and O–H groups in total. The van der Waals surface area contributed by atoms with Gasteiger partial charge in [0.05, 0.1) is 21.2 Å². The van der Waals surface area contributed by atoms with Gasteiger partial charge in [0.15, 0.2) is 6.61 Å². The van der Waals surface area contributed by atoms with Gasteiger partial charge in [0, 0.05) is 6.07 Å². The van der Waals surface area contributed by atoms with Crippen LogP contribution >= 0.6 is 15.9 Å². The SMILES string of the molecule is O=C(COc1ccccc1Br)NN=Cc1ccccc1[N+](=O)[O-]. The van der Waals surface area contributed by atoms with E-state index in [2.05, 4.69) is 26.5 Å². The number of ether oxygens (including phenoxy) is 1. The second-order valence-electron chi connectivity index (χ2n) is 4.33. The largest absolute Gasteiger partial charge is 0.483 e. The van der Waals surface area contributed by atoms with E-state index in [9.17, 15) is 14.9 Å². The fraction of sp³-hybridized carbons (Fsp3) is 0.0667. The van der Waals surface area contributed by atoms with Crippen molar-refractivity contribution in [3.8, 4) is 5.75 Å². The van der Waals surface area contributed by atoms with Crippen molar-refractivity contribution in [2.45, 2.75) is 0 Å². The highest BCUT2D eigenvalue weighted by atomic mass is 79.9. The first kappa shape index (κ1) is 16.6. The molecule has 0 atom stereocenters. The zero-order valence-corrected chi connectivity index (χ0v) is 13.4. The van der Waals surface area contributed by atoms with E-state index in [-0.39, 0.29) is 12.3 Å². The summed E-state index contributed by atoms with van der Waals surface area (Å²) < 4.78 is 6.05. The molecule has 0 fully saturated rings. The molecule has 0 heterocycles. The first-order valence-corrected chi connectivity index (χ1v) is 7.30. The average molecular weight is 378 g/mol. The van der Waals surface area contributed by atoms with E-state index in [0.29, 0.717) is 11.3 Å². The second kappa shape index (κ2) is 8.04. The highest BCUT2D eigenvalue weighted by molar-refractivity contribution is 9.10. The molecule has 7 nitrogen and oxygen atoms in total. The maximum atomic E-state index is 11.6. The van der Waals surface area contributed by atoms with Crippen molar-refractivity contribution < 1.29 is 14.5 Å². The lowest BCUT2D eigenvalue weighted by Crippen LogP contribution is -2.24. The molecule has 2 rings (SSSR count). The van der Waals surface area contributed by atoms with Gasteiger partial charge in [0.25, 0.3) is 11.6 Å². The molecule has 0 saturated carbocycles. The number of nitro benzene ring substituents is 1. The Morgan fingerprint density at radius 2 is 1.96 bits per heavy atom. The predicted molar refractivity (Wildman–Crippen MR) is 88.5 cm³/mol. The van der Waals surface area contributed by atoms with Crippen LogP contribution < -0.4 is 10.2 Å². The number of para-hydroxylation sites is 2. The number of hydrogen-bond acceptors (Lipinski definition) is 5. The summed E-state index contributed by atoms with van der Waals surface area (Å²) in [5, 5.41) is 14.5. The molecule has 2 aromatic rings. The van der Waals surface area contributed by atoms with Crippen LogP contribution in [-0.2, 0) is 4.79 Å². The van der Waals surface area contributed by atoms with Crippen LogP contribution in [0.4, 0.5) is 5.69 Å².